The van der Waals surface area contributed by atoms with Crippen LogP contribution in [-0.4, -0.2) is 11.9 Å². The lowest BCUT2D eigenvalue weighted by Crippen LogP contribution is -2.32. The van der Waals surface area contributed by atoms with E-state index in [1.54, 1.807) is 12.1 Å². The SMILES string of the molecule is CCC(CC)C(C)NCc1ccc(C(N)=O)cc1. The van der Waals surface area contributed by atoms with Crippen molar-refractivity contribution in [3.05, 3.63) is 35.4 Å². The first kappa shape index (κ1) is 14.7. The Bertz CT molecular complexity index is 369. The minimum Gasteiger partial charge on any atom is -0.366 e. The summed E-state index contributed by atoms with van der Waals surface area (Å²) < 4.78 is 0. The van der Waals surface area contributed by atoms with Gasteiger partial charge < -0.3 is 11.1 Å². The number of benzene rings is 1. The number of carbonyl (C=O) groups is 1. The molecule has 1 aromatic carbocycles. The van der Waals surface area contributed by atoms with Gasteiger partial charge >= 0.3 is 0 Å². The van der Waals surface area contributed by atoms with Gasteiger partial charge in [0.25, 0.3) is 0 Å². The zero-order valence-electron chi connectivity index (χ0n) is 11.6. The van der Waals surface area contributed by atoms with Gasteiger partial charge in [-0.3, -0.25) is 4.79 Å². The second kappa shape index (κ2) is 7.17. The van der Waals surface area contributed by atoms with Crippen LogP contribution in [0.3, 0.4) is 0 Å². The molecule has 18 heavy (non-hydrogen) atoms. The minimum absolute atomic E-state index is 0.375. The first-order chi connectivity index (χ1) is 8.58. The Hall–Kier alpha value is -1.35. The van der Waals surface area contributed by atoms with E-state index in [-0.39, 0.29) is 5.91 Å². The molecule has 1 aromatic rings. The summed E-state index contributed by atoms with van der Waals surface area (Å²) >= 11 is 0. The zero-order valence-corrected chi connectivity index (χ0v) is 11.6. The molecule has 1 amide bonds. The fourth-order valence-electron chi connectivity index (χ4n) is 2.23. The predicted octanol–water partition coefficient (Wildman–Crippen LogP) is 2.70. The maximum atomic E-state index is 11.0. The lowest BCUT2D eigenvalue weighted by molar-refractivity contribution is 0.100. The molecule has 0 radical (unpaired) electrons. The monoisotopic (exact) mass is 248 g/mol. The molecular weight excluding hydrogens is 224 g/mol. The highest BCUT2D eigenvalue weighted by Gasteiger charge is 2.12. The number of hydrogen-bond donors (Lipinski definition) is 2. The van der Waals surface area contributed by atoms with E-state index >= 15 is 0 Å². The third kappa shape index (κ3) is 4.15. The van der Waals surface area contributed by atoms with Crippen molar-refractivity contribution in [3.8, 4) is 0 Å². The number of hydrogen-bond acceptors (Lipinski definition) is 2. The van der Waals surface area contributed by atoms with Crippen LogP contribution in [0.25, 0.3) is 0 Å². The Balaban J connectivity index is 2.50. The highest BCUT2D eigenvalue weighted by Crippen LogP contribution is 2.13. The molecule has 100 valence electrons. The third-order valence-electron chi connectivity index (χ3n) is 3.62. The van der Waals surface area contributed by atoms with Crippen molar-refractivity contribution in [3.63, 3.8) is 0 Å². The van der Waals surface area contributed by atoms with Gasteiger partial charge in [0, 0.05) is 18.2 Å². The average molecular weight is 248 g/mol. The average Bonchev–Trinajstić information content (AvgIpc) is 2.38. The van der Waals surface area contributed by atoms with Crippen LogP contribution in [0.5, 0.6) is 0 Å². The largest absolute Gasteiger partial charge is 0.366 e. The quantitative estimate of drug-likeness (QED) is 0.779. The van der Waals surface area contributed by atoms with Crippen molar-refractivity contribution in [1.29, 1.82) is 0 Å². The van der Waals surface area contributed by atoms with Crippen LogP contribution >= 0.6 is 0 Å². The van der Waals surface area contributed by atoms with Crippen molar-refractivity contribution in [1.82, 2.24) is 5.32 Å². The summed E-state index contributed by atoms with van der Waals surface area (Å²) in [6.07, 6.45) is 2.40. The van der Waals surface area contributed by atoms with Crippen LogP contribution in [0.2, 0.25) is 0 Å². The van der Waals surface area contributed by atoms with Crippen molar-refractivity contribution in [2.75, 3.05) is 0 Å². The van der Waals surface area contributed by atoms with Gasteiger partial charge in [0.1, 0.15) is 0 Å². The molecule has 0 fully saturated rings. The predicted molar refractivity (Wildman–Crippen MR) is 75.3 cm³/mol. The summed E-state index contributed by atoms with van der Waals surface area (Å²) in [4.78, 5) is 11.0. The Morgan fingerprint density at radius 2 is 1.78 bits per heavy atom. The summed E-state index contributed by atoms with van der Waals surface area (Å²) in [6.45, 7) is 7.52. The topological polar surface area (TPSA) is 55.1 Å². The van der Waals surface area contributed by atoms with Crippen LogP contribution in [0.1, 0.15) is 49.5 Å². The van der Waals surface area contributed by atoms with Gasteiger partial charge in [0.2, 0.25) is 5.91 Å². The Morgan fingerprint density at radius 3 is 2.22 bits per heavy atom. The fourth-order valence-corrected chi connectivity index (χ4v) is 2.23. The zero-order chi connectivity index (χ0) is 13.5. The molecule has 0 spiro atoms. The molecule has 0 aromatic heterocycles. The van der Waals surface area contributed by atoms with E-state index < -0.39 is 0 Å². The standard InChI is InChI=1S/C15H24N2O/c1-4-13(5-2)11(3)17-10-12-6-8-14(9-7-12)15(16)18/h6-9,11,13,17H,4-5,10H2,1-3H3,(H2,16,18). The molecule has 1 atom stereocenters. The van der Waals surface area contributed by atoms with Gasteiger partial charge in [-0.25, -0.2) is 0 Å². The van der Waals surface area contributed by atoms with Crippen LogP contribution in [-0.2, 0) is 6.54 Å². The third-order valence-corrected chi connectivity index (χ3v) is 3.62. The summed E-state index contributed by atoms with van der Waals surface area (Å²) in [5.41, 5.74) is 6.95. The molecule has 1 unspecified atom stereocenters. The van der Waals surface area contributed by atoms with E-state index in [1.165, 1.54) is 18.4 Å². The second-order valence-electron chi connectivity index (χ2n) is 4.81. The molecule has 0 saturated heterocycles. The van der Waals surface area contributed by atoms with Gasteiger partial charge in [0.05, 0.1) is 0 Å². The minimum atomic E-state index is -0.375. The molecule has 0 aliphatic rings. The molecule has 0 aliphatic heterocycles. The maximum absolute atomic E-state index is 11.0. The molecule has 0 bridgehead atoms. The number of carbonyl (C=O) groups excluding carboxylic acids is 1. The van der Waals surface area contributed by atoms with Gasteiger partial charge in [-0.2, -0.15) is 0 Å². The van der Waals surface area contributed by atoms with E-state index in [0.717, 1.165) is 12.5 Å². The Morgan fingerprint density at radius 1 is 1.22 bits per heavy atom. The second-order valence-corrected chi connectivity index (χ2v) is 4.81. The van der Waals surface area contributed by atoms with Crippen LogP contribution in [0.4, 0.5) is 0 Å². The van der Waals surface area contributed by atoms with Crippen LogP contribution in [0.15, 0.2) is 24.3 Å². The summed E-state index contributed by atoms with van der Waals surface area (Å²) in [5.74, 6) is 0.342. The number of nitrogens with one attached hydrogen (secondary N) is 1. The summed E-state index contributed by atoms with van der Waals surface area (Å²) in [7, 11) is 0. The normalized spacial score (nSPS) is 12.7. The highest BCUT2D eigenvalue weighted by molar-refractivity contribution is 5.92. The van der Waals surface area contributed by atoms with Crippen LogP contribution in [0, 0.1) is 5.92 Å². The number of amides is 1. The Labute approximate surface area is 110 Å². The first-order valence-electron chi connectivity index (χ1n) is 6.70. The number of primary amides is 1. The van der Waals surface area contributed by atoms with Gasteiger partial charge in [-0.15, -0.1) is 0 Å². The van der Waals surface area contributed by atoms with Gasteiger partial charge in [-0.1, -0.05) is 38.8 Å². The number of rotatable bonds is 7. The molecular formula is C15H24N2O. The molecule has 0 saturated carbocycles. The molecule has 1 rings (SSSR count). The molecule has 3 N–H and O–H groups in total. The van der Waals surface area contributed by atoms with E-state index in [1.807, 2.05) is 12.1 Å². The van der Waals surface area contributed by atoms with Crippen LogP contribution < -0.4 is 11.1 Å². The summed E-state index contributed by atoms with van der Waals surface area (Å²) in [5, 5.41) is 3.53. The van der Waals surface area contributed by atoms with Gasteiger partial charge in [-0.05, 0) is 30.5 Å². The number of nitrogens with two attached hydrogens (primary N) is 1. The van der Waals surface area contributed by atoms with Crippen molar-refractivity contribution in [2.24, 2.45) is 11.7 Å². The lowest BCUT2D eigenvalue weighted by Gasteiger charge is -2.22. The van der Waals surface area contributed by atoms with E-state index in [9.17, 15) is 4.79 Å². The lowest BCUT2D eigenvalue weighted by atomic mass is 9.95. The van der Waals surface area contributed by atoms with Crippen molar-refractivity contribution >= 4 is 5.91 Å². The molecule has 0 aliphatic carbocycles. The molecule has 0 heterocycles. The summed E-state index contributed by atoms with van der Waals surface area (Å²) in [6, 6.07) is 7.97. The van der Waals surface area contributed by atoms with E-state index in [0.29, 0.717) is 11.6 Å². The van der Waals surface area contributed by atoms with Gasteiger partial charge in [0.15, 0.2) is 0 Å². The smallest absolute Gasteiger partial charge is 0.248 e. The maximum Gasteiger partial charge on any atom is 0.248 e. The van der Waals surface area contributed by atoms with Crippen molar-refractivity contribution < 1.29 is 4.79 Å². The molecule has 3 heteroatoms. The van der Waals surface area contributed by atoms with E-state index in [4.69, 9.17) is 5.73 Å². The Kier molecular flexibility index (Phi) is 5.86. The van der Waals surface area contributed by atoms with Crippen molar-refractivity contribution in [2.45, 2.75) is 46.2 Å². The van der Waals surface area contributed by atoms with E-state index in [2.05, 4.69) is 26.1 Å². The first-order valence-corrected chi connectivity index (χ1v) is 6.70. The fraction of sp³-hybridized carbons (Fsp3) is 0.533. The highest BCUT2D eigenvalue weighted by atomic mass is 16.1. The molecule has 3 nitrogen and oxygen atoms in total.